The number of nitrogens with zero attached hydrogens (tertiary/aromatic N) is 6. The number of hydrogen-bond donors (Lipinski definition) is 1. The Morgan fingerprint density at radius 3 is 2.45 bits per heavy atom. The van der Waals surface area contributed by atoms with Crippen LogP contribution in [0, 0.1) is 5.82 Å². The van der Waals surface area contributed by atoms with E-state index in [0.717, 1.165) is 42.8 Å². The molecule has 2 aliphatic rings. The van der Waals surface area contributed by atoms with E-state index in [0.29, 0.717) is 41.6 Å². The molecular weight excluding hydrogens is 529 g/mol. The largest absolute Gasteiger partial charge is 0.367 e. The highest BCUT2D eigenvalue weighted by Crippen LogP contribution is 2.36. The van der Waals surface area contributed by atoms with Gasteiger partial charge in [-0.1, -0.05) is 6.07 Å². The minimum atomic E-state index is -3.52. The summed E-state index contributed by atoms with van der Waals surface area (Å²) in [7, 11) is -1.45. The highest BCUT2D eigenvalue weighted by molar-refractivity contribution is 7.94. The van der Waals surface area contributed by atoms with Crippen LogP contribution < -0.4 is 14.5 Å². The van der Waals surface area contributed by atoms with E-state index >= 15 is 4.39 Å². The minimum absolute atomic E-state index is 0.285. The van der Waals surface area contributed by atoms with Crippen LogP contribution in [0.1, 0.15) is 26.3 Å². The van der Waals surface area contributed by atoms with Gasteiger partial charge in [0.05, 0.1) is 16.1 Å². The molecule has 2 aliphatic heterocycles. The molecule has 1 fully saturated rings. The molecule has 2 aromatic heterocycles. The number of fused-ring (bicyclic) bond motifs is 2. The van der Waals surface area contributed by atoms with Crippen LogP contribution in [0.3, 0.4) is 0 Å². The Morgan fingerprint density at radius 2 is 1.73 bits per heavy atom. The molecule has 0 aliphatic carbocycles. The van der Waals surface area contributed by atoms with Gasteiger partial charge < -0.3 is 19.7 Å². The lowest BCUT2D eigenvalue weighted by Crippen LogP contribution is -2.44. The molecule has 0 spiro atoms. The minimum Gasteiger partial charge on any atom is -0.367 e. The van der Waals surface area contributed by atoms with Gasteiger partial charge in [-0.15, -0.1) is 0 Å². The van der Waals surface area contributed by atoms with E-state index in [1.807, 2.05) is 41.1 Å². The Bertz CT molecular complexity index is 1690. The molecule has 6 rings (SSSR count). The molecule has 1 saturated heterocycles. The third-order valence-electron chi connectivity index (χ3n) is 7.74. The number of nitrogens with one attached hydrogen (secondary N) is 1. The molecule has 4 heterocycles. The summed E-state index contributed by atoms with van der Waals surface area (Å²) in [6.07, 6.45) is 4.30. The number of hydrogen-bond acceptors (Lipinski definition) is 7. The molecule has 210 valence electrons. The van der Waals surface area contributed by atoms with Crippen LogP contribution in [-0.4, -0.2) is 72.4 Å². The Balaban J connectivity index is 1.28. The van der Waals surface area contributed by atoms with Gasteiger partial charge in [-0.3, -0.25) is 4.31 Å². The van der Waals surface area contributed by atoms with Crippen LogP contribution in [0.15, 0.2) is 54.9 Å². The maximum atomic E-state index is 15.0. The lowest BCUT2D eigenvalue weighted by atomic mass is 10.1. The van der Waals surface area contributed by atoms with Crippen molar-refractivity contribution in [3.8, 4) is 5.69 Å². The summed E-state index contributed by atoms with van der Waals surface area (Å²) >= 11 is 0. The van der Waals surface area contributed by atoms with Crippen molar-refractivity contribution in [2.75, 3.05) is 54.3 Å². The zero-order valence-electron chi connectivity index (χ0n) is 23.2. The molecule has 0 saturated carbocycles. The zero-order valence-corrected chi connectivity index (χ0v) is 24.0. The van der Waals surface area contributed by atoms with Crippen LogP contribution in [0.2, 0.25) is 0 Å². The third-order valence-corrected chi connectivity index (χ3v) is 10.2. The molecule has 9 nitrogen and oxygen atoms in total. The average molecular weight is 564 g/mol. The molecule has 0 unspecified atom stereocenters. The average Bonchev–Trinajstić information content (AvgIpc) is 3.53. The molecule has 0 bridgehead atoms. The fourth-order valence-electron chi connectivity index (χ4n) is 5.27. The molecule has 2 aromatic carbocycles. The lowest BCUT2D eigenvalue weighted by Gasteiger charge is -2.34. The fourth-order valence-corrected chi connectivity index (χ4v) is 6.69. The first kappa shape index (κ1) is 26.5. The highest BCUT2D eigenvalue weighted by atomic mass is 32.2. The third kappa shape index (κ3) is 4.66. The summed E-state index contributed by atoms with van der Waals surface area (Å²) in [6.45, 7) is 9.00. The predicted molar refractivity (Wildman–Crippen MR) is 158 cm³/mol. The van der Waals surface area contributed by atoms with Crippen LogP contribution in [0.4, 0.5) is 27.4 Å². The molecule has 0 amide bonds. The molecule has 4 aromatic rings. The standard InChI is InChI=1S/C29H34FN7O2S/c1-29(2,3)40(38,39)37-12-10-20-5-7-23(18-26(20)37)36-11-9-21-19-31-28(33-27(21)36)32-22-6-8-25(24(30)17-22)35-15-13-34(4)14-16-35/h5-9,11,17-19H,10,12-16H2,1-4H3,(H,31,32,33). The Labute approximate surface area is 234 Å². The van der Waals surface area contributed by atoms with E-state index in [2.05, 4.69) is 27.1 Å². The van der Waals surface area contributed by atoms with Gasteiger partial charge in [0.15, 0.2) is 0 Å². The van der Waals surface area contributed by atoms with Crippen molar-refractivity contribution in [2.24, 2.45) is 0 Å². The molecule has 0 atom stereocenters. The first-order valence-corrected chi connectivity index (χ1v) is 14.9. The lowest BCUT2D eigenvalue weighted by molar-refractivity contribution is 0.311. The second-order valence-electron chi connectivity index (χ2n) is 11.5. The van der Waals surface area contributed by atoms with Gasteiger partial charge in [0.25, 0.3) is 0 Å². The molecule has 1 N–H and O–H groups in total. The van der Waals surface area contributed by atoms with Crippen molar-refractivity contribution in [3.63, 3.8) is 0 Å². The maximum Gasteiger partial charge on any atom is 0.240 e. The van der Waals surface area contributed by atoms with E-state index < -0.39 is 14.8 Å². The monoisotopic (exact) mass is 563 g/mol. The number of aromatic nitrogens is 3. The van der Waals surface area contributed by atoms with Crippen molar-refractivity contribution in [1.82, 2.24) is 19.4 Å². The SMILES string of the molecule is CN1CCN(c2ccc(Nc3ncc4ccn(-c5ccc6c(c5)N(S(=O)(=O)C(C)(C)C)CC6)c4n3)cc2F)CC1. The van der Waals surface area contributed by atoms with Gasteiger partial charge >= 0.3 is 0 Å². The summed E-state index contributed by atoms with van der Waals surface area (Å²) in [6, 6.07) is 12.9. The molecular formula is C29H34FN7O2S. The molecule has 11 heteroatoms. The van der Waals surface area contributed by atoms with Crippen LogP contribution in [0.25, 0.3) is 16.7 Å². The summed E-state index contributed by atoms with van der Waals surface area (Å²) in [5.74, 6) is 0.0594. The number of anilines is 4. The topological polar surface area (TPSA) is 86.6 Å². The van der Waals surface area contributed by atoms with Gasteiger partial charge in [-0.25, -0.2) is 17.8 Å². The number of piperazine rings is 1. The van der Waals surface area contributed by atoms with Crippen molar-refractivity contribution in [2.45, 2.75) is 31.9 Å². The summed E-state index contributed by atoms with van der Waals surface area (Å²) in [5, 5.41) is 3.97. The molecule has 0 radical (unpaired) electrons. The predicted octanol–water partition coefficient (Wildman–Crippen LogP) is 4.55. The number of halogens is 1. The second kappa shape index (κ2) is 9.74. The van der Waals surface area contributed by atoms with Crippen LogP contribution >= 0.6 is 0 Å². The van der Waals surface area contributed by atoms with Gasteiger partial charge in [0.1, 0.15) is 11.5 Å². The maximum absolute atomic E-state index is 15.0. The quantitative estimate of drug-likeness (QED) is 0.381. The first-order chi connectivity index (χ1) is 19.0. The van der Waals surface area contributed by atoms with E-state index in [4.69, 9.17) is 4.98 Å². The van der Waals surface area contributed by atoms with Gasteiger partial charge in [-0.05, 0) is 76.2 Å². The van der Waals surface area contributed by atoms with Crippen molar-refractivity contribution >= 4 is 44.1 Å². The van der Waals surface area contributed by atoms with Gasteiger partial charge in [-0.2, -0.15) is 4.98 Å². The Morgan fingerprint density at radius 1 is 0.950 bits per heavy atom. The van der Waals surface area contributed by atoms with Crippen molar-refractivity contribution < 1.29 is 12.8 Å². The van der Waals surface area contributed by atoms with E-state index in [9.17, 15) is 8.42 Å². The van der Waals surface area contributed by atoms with Gasteiger partial charge in [0.2, 0.25) is 16.0 Å². The van der Waals surface area contributed by atoms with Crippen molar-refractivity contribution in [1.29, 1.82) is 0 Å². The first-order valence-electron chi connectivity index (χ1n) is 13.5. The van der Waals surface area contributed by atoms with Crippen LogP contribution in [-0.2, 0) is 16.4 Å². The molecule has 40 heavy (non-hydrogen) atoms. The summed E-state index contributed by atoms with van der Waals surface area (Å²) in [5.41, 5.74) is 4.34. The highest BCUT2D eigenvalue weighted by Gasteiger charge is 2.38. The smallest absolute Gasteiger partial charge is 0.240 e. The van der Waals surface area contributed by atoms with E-state index in [-0.39, 0.29) is 5.82 Å². The number of benzene rings is 2. The number of rotatable bonds is 5. The van der Waals surface area contributed by atoms with Crippen molar-refractivity contribution in [3.05, 3.63) is 66.2 Å². The number of sulfonamides is 1. The summed E-state index contributed by atoms with van der Waals surface area (Å²) in [4.78, 5) is 13.5. The zero-order chi connectivity index (χ0) is 28.2. The van der Waals surface area contributed by atoms with E-state index in [1.165, 1.54) is 10.4 Å². The van der Waals surface area contributed by atoms with Crippen LogP contribution in [0.5, 0.6) is 0 Å². The van der Waals surface area contributed by atoms with Gasteiger partial charge in [0, 0.05) is 61.9 Å². The second-order valence-corrected chi connectivity index (χ2v) is 14.1. The summed E-state index contributed by atoms with van der Waals surface area (Å²) < 4.78 is 44.1. The Kier molecular flexibility index (Phi) is 6.46. The van der Waals surface area contributed by atoms with E-state index in [1.54, 1.807) is 33.0 Å². The fraction of sp³-hybridized carbons (Fsp3) is 0.379. The Hall–Kier alpha value is -3.70. The normalized spacial score (nSPS) is 16.5. The number of likely N-dealkylation sites (N-methyl/N-ethyl adjacent to an activating group) is 1.